The first kappa shape index (κ1) is 14.4. The van der Waals surface area contributed by atoms with Gasteiger partial charge in [0.25, 0.3) is 0 Å². The first-order valence-electron chi connectivity index (χ1n) is 8.38. The van der Waals surface area contributed by atoms with Crippen LogP contribution in [0, 0.1) is 17.3 Å². The van der Waals surface area contributed by atoms with Gasteiger partial charge in [0, 0.05) is 12.6 Å². The molecule has 106 valence electrons. The second-order valence-corrected chi connectivity index (χ2v) is 7.30. The highest BCUT2D eigenvalue weighted by atomic mass is 14.9. The zero-order valence-corrected chi connectivity index (χ0v) is 12.8. The summed E-state index contributed by atoms with van der Waals surface area (Å²) in [7, 11) is 0. The Hall–Kier alpha value is -0.0400. The lowest BCUT2D eigenvalue weighted by Crippen LogP contribution is -2.43. The van der Waals surface area contributed by atoms with Crippen LogP contribution in [0.15, 0.2) is 0 Å². The largest absolute Gasteiger partial charge is 0.313 e. The minimum absolute atomic E-state index is 0.684. The lowest BCUT2D eigenvalue weighted by molar-refractivity contribution is 0.117. The van der Waals surface area contributed by atoms with Gasteiger partial charge in [0.1, 0.15) is 0 Å². The fourth-order valence-corrected chi connectivity index (χ4v) is 3.89. The van der Waals surface area contributed by atoms with Crippen LogP contribution >= 0.6 is 0 Å². The first-order chi connectivity index (χ1) is 8.65. The van der Waals surface area contributed by atoms with Crippen molar-refractivity contribution in [3.05, 3.63) is 0 Å². The first-order valence-corrected chi connectivity index (χ1v) is 8.38. The van der Waals surface area contributed by atoms with Crippen LogP contribution in [0.1, 0.15) is 78.6 Å². The molecule has 0 aromatic rings. The molecule has 2 aliphatic carbocycles. The topological polar surface area (TPSA) is 12.0 Å². The number of rotatable bonds is 5. The van der Waals surface area contributed by atoms with E-state index in [9.17, 15) is 0 Å². The van der Waals surface area contributed by atoms with Crippen LogP contribution in [-0.2, 0) is 0 Å². The molecule has 0 aromatic heterocycles. The molecule has 0 bridgehead atoms. The molecule has 2 fully saturated rings. The molecule has 0 aliphatic heterocycles. The van der Waals surface area contributed by atoms with Gasteiger partial charge in [0.15, 0.2) is 0 Å². The maximum absolute atomic E-state index is 3.91. The summed E-state index contributed by atoms with van der Waals surface area (Å²) in [4.78, 5) is 0. The summed E-state index contributed by atoms with van der Waals surface area (Å²) in [6.07, 6.45) is 13.0. The highest BCUT2D eigenvalue weighted by Crippen LogP contribution is 2.43. The molecule has 0 heterocycles. The standard InChI is InChI=1S/C17H33N/c1-4-17(11-6-12-17)13-18-16-8-5-7-15(9-10-16)14(2)3/h14-16,18H,4-13H2,1-3H3. The fourth-order valence-electron chi connectivity index (χ4n) is 3.89. The third-order valence-electron chi connectivity index (χ3n) is 5.89. The summed E-state index contributed by atoms with van der Waals surface area (Å²) in [5, 5.41) is 3.91. The predicted octanol–water partition coefficient (Wildman–Crippen LogP) is 4.76. The van der Waals surface area contributed by atoms with Crippen LogP contribution in [0.3, 0.4) is 0 Å². The fraction of sp³-hybridized carbons (Fsp3) is 1.00. The molecule has 0 spiro atoms. The summed E-state index contributed by atoms with van der Waals surface area (Å²) in [5.41, 5.74) is 0.684. The average molecular weight is 251 g/mol. The van der Waals surface area contributed by atoms with E-state index in [1.54, 1.807) is 0 Å². The van der Waals surface area contributed by atoms with Gasteiger partial charge in [0.05, 0.1) is 0 Å². The third kappa shape index (κ3) is 3.50. The third-order valence-corrected chi connectivity index (χ3v) is 5.89. The van der Waals surface area contributed by atoms with Gasteiger partial charge in [-0.2, -0.15) is 0 Å². The van der Waals surface area contributed by atoms with Crippen LogP contribution in [-0.4, -0.2) is 12.6 Å². The molecule has 0 radical (unpaired) electrons. The van der Waals surface area contributed by atoms with Crippen LogP contribution in [0.5, 0.6) is 0 Å². The second-order valence-electron chi connectivity index (χ2n) is 7.30. The number of hydrogen-bond acceptors (Lipinski definition) is 1. The van der Waals surface area contributed by atoms with Gasteiger partial charge in [-0.15, -0.1) is 0 Å². The van der Waals surface area contributed by atoms with Crippen LogP contribution < -0.4 is 5.32 Å². The van der Waals surface area contributed by atoms with Gasteiger partial charge in [0.2, 0.25) is 0 Å². The molecule has 1 N–H and O–H groups in total. The van der Waals surface area contributed by atoms with E-state index in [-0.39, 0.29) is 0 Å². The van der Waals surface area contributed by atoms with E-state index in [2.05, 4.69) is 26.1 Å². The molecule has 2 saturated carbocycles. The normalized spacial score (nSPS) is 32.0. The highest BCUT2D eigenvalue weighted by Gasteiger charge is 2.35. The summed E-state index contributed by atoms with van der Waals surface area (Å²) in [6.45, 7) is 8.47. The monoisotopic (exact) mass is 251 g/mol. The van der Waals surface area contributed by atoms with Crippen molar-refractivity contribution in [3.63, 3.8) is 0 Å². The van der Waals surface area contributed by atoms with Crippen molar-refractivity contribution < 1.29 is 0 Å². The second kappa shape index (κ2) is 6.41. The van der Waals surface area contributed by atoms with Gasteiger partial charge in [-0.1, -0.05) is 40.0 Å². The Morgan fingerprint density at radius 2 is 1.83 bits per heavy atom. The smallest absolute Gasteiger partial charge is 0.00674 e. The maximum atomic E-state index is 3.91. The van der Waals surface area contributed by atoms with Gasteiger partial charge < -0.3 is 5.32 Å². The van der Waals surface area contributed by atoms with Gasteiger partial charge in [-0.3, -0.25) is 0 Å². The molecule has 18 heavy (non-hydrogen) atoms. The Morgan fingerprint density at radius 1 is 1.06 bits per heavy atom. The molecular weight excluding hydrogens is 218 g/mol. The lowest BCUT2D eigenvalue weighted by atomic mass is 9.67. The minimum atomic E-state index is 0.684. The summed E-state index contributed by atoms with van der Waals surface area (Å²) < 4.78 is 0. The van der Waals surface area contributed by atoms with Gasteiger partial charge in [-0.25, -0.2) is 0 Å². The Kier molecular flexibility index (Phi) is 5.12. The van der Waals surface area contributed by atoms with Crippen molar-refractivity contribution in [1.82, 2.24) is 5.32 Å². The average Bonchev–Trinajstić information content (AvgIpc) is 2.54. The van der Waals surface area contributed by atoms with Crippen molar-refractivity contribution in [3.8, 4) is 0 Å². The molecule has 2 aliphatic rings. The Morgan fingerprint density at radius 3 is 2.39 bits per heavy atom. The van der Waals surface area contributed by atoms with E-state index < -0.39 is 0 Å². The van der Waals surface area contributed by atoms with E-state index in [0.29, 0.717) is 5.41 Å². The van der Waals surface area contributed by atoms with E-state index in [0.717, 1.165) is 17.9 Å². The van der Waals surface area contributed by atoms with Crippen LogP contribution in [0.25, 0.3) is 0 Å². The predicted molar refractivity (Wildman–Crippen MR) is 79.8 cm³/mol. The Bertz CT molecular complexity index is 236. The lowest BCUT2D eigenvalue weighted by Gasteiger charge is -2.42. The quantitative estimate of drug-likeness (QED) is 0.695. The summed E-state index contributed by atoms with van der Waals surface area (Å²) in [6, 6.07) is 0.817. The van der Waals surface area contributed by atoms with Crippen LogP contribution in [0.2, 0.25) is 0 Å². The summed E-state index contributed by atoms with van der Waals surface area (Å²) >= 11 is 0. The van der Waals surface area contributed by atoms with Crippen molar-refractivity contribution in [2.45, 2.75) is 84.6 Å². The van der Waals surface area contributed by atoms with Gasteiger partial charge >= 0.3 is 0 Å². The molecule has 2 unspecified atom stereocenters. The van der Waals surface area contributed by atoms with Crippen molar-refractivity contribution in [2.24, 2.45) is 17.3 Å². The van der Waals surface area contributed by atoms with E-state index in [1.807, 2.05) is 0 Å². The number of hydrogen-bond donors (Lipinski definition) is 1. The highest BCUT2D eigenvalue weighted by molar-refractivity contribution is 4.89. The molecular formula is C17H33N. The maximum Gasteiger partial charge on any atom is 0.00674 e. The van der Waals surface area contributed by atoms with E-state index in [1.165, 1.54) is 64.3 Å². The van der Waals surface area contributed by atoms with Crippen molar-refractivity contribution in [1.29, 1.82) is 0 Å². The molecule has 1 heteroatoms. The van der Waals surface area contributed by atoms with Crippen molar-refractivity contribution >= 4 is 0 Å². The zero-order chi connectivity index (χ0) is 13.0. The SMILES string of the molecule is CCC1(CNC2CCCC(C(C)C)CC2)CCC1. The molecule has 2 rings (SSSR count). The van der Waals surface area contributed by atoms with Gasteiger partial charge in [-0.05, 0) is 55.8 Å². The molecule has 2 atom stereocenters. The van der Waals surface area contributed by atoms with E-state index in [4.69, 9.17) is 0 Å². The molecule has 0 amide bonds. The number of nitrogens with one attached hydrogen (secondary N) is 1. The Labute approximate surface area is 114 Å². The van der Waals surface area contributed by atoms with E-state index >= 15 is 0 Å². The molecule has 1 nitrogen and oxygen atoms in total. The molecule has 0 saturated heterocycles. The van der Waals surface area contributed by atoms with Crippen LogP contribution in [0.4, 0.5) is 0 Å². The van der Waals surface area contributed by atoms with Crippen molar-refractivity contribution in [2.75, 3.05) is 6.54 Å². The minimum Gasteiger partial charge on any atom is -0.313 e. The summed E-state index contributed by atoms with van der Waals surface area (Å²) in [5.74, 6) is 1.87. The Balaban J connectivity index is 1.73. The zero-order valence-electron chi connectivity index (χ0n) is 12.8. The molecule has 0 aromatic carbocycles.